The molecule has 0 amide bonds. The molecule has 38 heavy (non-hydrogen) atoms. The van der Waals surface area contributed by atoms with Gasteiger partial charge in [-0.1, -0.05) is 48.5 Å². The molecule has 0 aromatic heterocycles. The summed E-state index contributed by atoms with van der Waals surface area (Å²) in [5.41, 5.74) is 3.19. The number of nitrogens with zero attached hydrogens (tertiary/aromatic N) is 2. The molecule has 2 aliphatic rings. The van der Waals surface area contributed by atoms with Crippen LogP contribution in [0.1, 0.15) is 45.7 Å². The molecule has 6 rings (SSSR count). The van der Waals surface area contributed by atoms with E-state index >= 15 is 0 Å². The fourth-order valence-corrected chi connectivity index (χ4v) is 5.36. The number of carbonyl (C=O) groups is 1. The Hall–Kier alpha value is -4.72. The van der Waals surface area contributed by atoms with Crippen molar-refractivity contribution in [3.63, 3.8) is 0 Å². The fraction of sp³-hybridized carbons (Fsp3) is 0.200. The SMILES string of the molecule is COc1cccc2c1O[C@@H](c1ccc(OC)c(OC)c1C(=O)O)N1N=C(c3ccc4ccccc4c3)C[C@H]21. The van der Waals surface area contributed by atoms with Gasteiger partial charge in [0.15, 0.2) is 23.0 Å². The second-order valence-corrected chi connectivity index (χ2v) is 9.13. The third kappa shape index (κ3) is 3.68. The number of fused-ring (bicyclic) bond motifs is 4. The lowest BCUT2D eigenvalue weighted by atomic mass is 9.94. The molecule has 0 saturated carbocycles. The van der Waals surface area contributed by atoms with Crippen LogP contribution in [0.4, 0.5) is 0 Å². The molecule has 0 saturated heterocycles. The number of rotatable bonds is 6. The van der Waals surface area contributed by atoms with E-state index in [1.54, 1.807) is 19.2 Å². The molecule has 4 aromatic carbocycles. The summed E-state index contributed by atoms with van der Waals surface area (Å²) in [6.45, 7) is 0. The molecule has 8 heteroatoms. The zero-order valence-electron chi connectivity index (χ0n) is 21.2. The van der Waals surface area contributed by atoms with Gasteiger partial charge in [-0.05, 0) is 40.6 Å². The Balaban J connectivity index is 1.53. The van der Waals surface area contributed by atoms with Crippen LogP contribution in [0.3, 0.4) is 0 Å². The lowest BCUT2D eigenvalue weighted by Gasteiger charge is -2.39. The van der Waals surface area contributed by atoms with Gasteiger partial charge in [0, 0.05) is 17.5 Å². The van der Waals surface area contributed by atoms with E-state index in [1.165, 1.54) is 14.2 Å². The minimum absolute atomic E-state index is 0.0386. The van der Waals surface area contributed by atoms with E-state index in [2.05, 4.69) is 30.3 Å². The van der Waals surface area contributed by atoms with Crippen molar-refractivity contribution < 1.29 is 28.8 Å². The van der Waals surface area contributed by atoms with Crippen molar-refractivity contribution in [1.29, 1.82) is 0 Å². The lowest BCUT2D eigenvalue weighted by Crippen LogP contribution is -2.35. The number of hydrazone groups is 1. The zero-order valence-corrected chi connectivity index (χ0v) is 21.2. The van der Waals surface area contributed by atoms with Gasteiger partial charge in [0.05, 0.1) is 33.1 Å². The minimum atomic E-state index is -1.15. The van der Waals surface area contributed by atoms with Gasteiger partial charge in [-0.15, -0.1) is 0 Å². The summed E-state index contributed by atoms with van der Waals surface area (Å²) in [6.07, 6.45) is -0.221. The normalized spacial score (nSPS) is 17.8. The standard InChI is InChI=1S/C30H26N2O6/c1-35-24-10-6-9-20-23-16-22(19-12-11-17-7-4-5-8-18(17)15-19)31-32(23)29(38-27(20)24)21-13-14-25(36-2)28(37-3)26(21)30(33)34/h4-15,23,29H,16H2,1-3H3,(H,33,34)/t23-,29+/m1/s1. The van der Waals surface area contributed by atoms with Gasteiger partial charge in [0.1, 0.15) is 5.56 Å². The Morgan fingerprint density at radius 1 is 0.895 bits per heavy atom. The first-order chi connectivity index (χ1) is 18.5. The number of hydrogen-bond donors (Lipinski definition) is 1. The van der Waals surface area contributed by atoms with Gasteiger partial charge in [0.2, 0.25) is 6.23 Å². The van der Waals surface area contributed by atoms with Crippen molar-refractivity contribution in [3.05, 3.63) is 95.1 Å². The van der Waals surface area contributed by atoms with Gasteiger partial charge in [-0.2, -0.15) is 5.10 Å². The van der Waals surface area contributed by atoms with Crippen LogP contribution in [-0.4, -0.2) is 43.1 Å². The monoisotopic (exact) mass is 510 g/mol. The number of methoxy groups -OCH3 is 3. The third-order valence-electron chi connectivity index (χ3n) is 7.14. The number of ether oxygens (including phenoxy) is 4. The smallest absolute Gasteiger partial charge is 0.340 e. The van der Waals surface area contributed by atoms with Crippen molar-refractivity contribution in [2.24, 2.45) is 5.10 Å². The van der Waals surface area contributed by atoms with E-state index in [-0.39, 0.29) is 17.4 Å². The summed E-state index contributed by atoms with van der Waals surface area (Å²) in [5.74, 6) is 0.438. The van der Waals surface area contributed by atoms with Crippen LogP contribution in [0.2, 0.25) is 0 Å². The predicted molar refractivity (Wildman–Crippen MR) is 143 cm³/mol. The summed E-state index contributed by atoms with van der Waals surface area (Å²) in [6, 6.07) is 23.4. The molecule has 8 nitrogen and oxygen atoms in total. The zero-order chi connectivity index (χ0) is 26.4. The van der Waals surface area contributed by atoms with Crippen LogP contribution >= 0.6 is 0 Å². The summed E-state index contributed by atoms with van der Waals surface area (Å²) >= 11 is 0. The van der Waals surface area contributed by atoms with Gasteiger partial charge in [0.25, 0.3) is 0 Å². The van der Waals surface area contributed by atoms with Gasteiger partial charge in [-0.3, -0.25) is 0 Å². The van der Waals surface area contributed by atoms with Crippen molar-refractivity contribution in [2.45, 2.75) is 18.7 Å². The van der Waals surface area contributed by atoms with Crippen molar-refractivity contribution in [1.82, 2.24) is 5.01 Å². The van der Waals surface area contributed by atoms with Crippen LogP contribution in [0.25, 0.3) is 10.8 Å². The van der Waals surface area contributed by atoms with Crippen LogP contribution in [0.5, 0.6) is 23.0 Å². The average Bonchev–Trinajstić information content (AvgIpc) is 3.41. The summed E-state index contributed by atoms with van der Waals surface area (Å²) < 4.78 is 23.0. The van der Waals surface area contributed by atoms with E-state index in [1.807, 2.05) is 35.3 Å². The molecule has 2 heterocycles. The Bertz CT molecular complexity index is 1600. The van der Waals surface area contributed by atoms with Crippen LogP contribution < -0.4 is 18.9 Å². The Labute approximate surface area is 219 Å². The fourth-order valence-electron chi connectivity index (χ4n) is 5.36. The van der Waals surface area contributed by atoms with E-state index in [4.69, 9.17) is 24.0 Å². The first-order valence-electron chi connectivity index (χ1n) is 12.2. The summed E-state index contributed by atoms with van der Waals surface area (Å²) in [7, 11) is 4.48. The number of para-hydroxylation sites is 1. The van der Waals surface area contributed by atoms with E-state index in [0.717, 1.165) is 27.6 Å². The van der Waals surface area contributed by atoms with Gasteiger partial charge >= 0.3 is 5.97 Å². The third-order valence-corrected chi connectivity index (χ3v) is 7.14. The second-order valence-electron chi connectivity index (χ2n) is 9.13. The van der Waals surface area contributed by atoms with E-state index in [0.29, 0.717) is 29.2 Å². The molecule has 0 aliphatic carbocycles. The molecule has 2 aliphatic heterocycles. The first-order valence-corrected chi connectivity index (χ1v) is 12.2. The second kappa shape index (κ2) is 9.30. The molecular formula is C30H26N2O6. The van der Waals surface area contributed by atoms with E-state index < -0.39 is 12.2 Å². The molecule has 4 aromatic rings. The number of carboxylic acids is 1. The van der Waals surface area contributed by atoms with Crippen molar-refractivity contribution >= 4 is 22.5 Å². The van der Waals surface area contributed by atoms with Crippen LogP contribution in [0.15, 0.2) is 77.9 Å². The number of aromatic carboxylic acids is 1. The van der Waals surface area contributed by atoms with Crippen molar-refractivity contribution in [3.8, 4) is 23.0 Å². The Kier molecular flexibility index (Phi) is 5.79. The molecule has 0 spiro atoms. The van der Waals surface area contributed by atoms with Gasteiger partial charge in [-0.25, -0.2) is 9.80 Å². The number of carboxylic acid groups (broad SMARTS) is 1. The minimum Gasteiger partial charge on any atom is -0.493 e. The molecule has 0 bridgehead atoms. The highest BCUT2D eigenvalue weighted by Crippen LogP contribution is 2.52. The number of hydrogen-bond acceptors (Lipinski definition) is 7. The Morgan fingerprint density at radius 2 is 1.68 bits per heavy atom. The quantitative estimate of drug-likeness (QED) is 0.350. The maximum atomic E-state index is 12.5. The van der Waals surface area contributed by atoms with Crippen molar-refractivity contribution in [2.75, 3.05) is 21.3 Å². The lowest BCUT2D eigenvalue weighted by molar-refractivity contribution is -0.0217. The maximum Gasteiger partial charge on any atom is 0.340 e. The Morgan fingerprint density at radius 3 is 2.42 bits per heavy atom. The summed E-state index contributed by atoms with van der Waals surface area (Å²) in [5, 5.41) is 19.4. The predicted octanol–water partition coefficient (Wildman–Crippen LogP) is 5.81. The van der Waals surface area contributed by atoms with E-state index in [9.17, 15) is 9.90 Å². The topological polar surface area (TPSA) is 89.8 Å². The molecular weight excluding hydrogens is 484 g/mol. The van der Waals surface area contributed by atoms with Crippen LogP contribution in [0, 0.1) is 0 Å². The maximum absolute atomic E-state index is 12.5. The molecule has 0 fully saturated rings. The molecule has 1 N–H and O–H groups in total. The molecule has 0 unspecified atom stereocenters. The molecule has 192 valence electrons. The molecule has 2 atom stereocenters. The highest BCUT2D eigenvalue weighted by atomic mass is 16.5. The first kappa shape index (κ1) is 23.7. The average molecular weight is 511 g/mol. The molecule has 0 radical (unpaired) electrons. The largest absolute Gasteiger partial charge is 0.493 e. The highest BCUT2D eigenvalue weighted by molar-refractivity contribution is 6.04. The van der Waals surface area contributed by atoms with Gasteiger partial charge < -0.3 is 24.1 Å². The number of benzene rings is 4. The highest BCUT2D eigenvalue weighted by Gasteiger charge is 2.44. The summed E-state index contributed by atoms with van der Waals surface area (Å²) in [4.78, 5) is 12.5. The van der Waals surface area contributed by atoms with Crippen LogP contribution in [-0.2, 0) is 0 Å².